The molecule has 0 fully saturated rings. The number of carbonyl (C=O) groups is 4. The number of aliphatic carboxylic acids is 1. The maximum Gasteiger partial charge on any atom is 0.513 e. The van der Waals surface area contributed by atoms with E-state index in [2.05, 4.69) is 9.47 Å². The molecule has 0 amide bonds. The minimum absolute atomic E-state index is 0.0772. The van der Waals surface area contributed by atoms with Gasteiger partial charge in [-0.1, -0.05) is 33.3 Å². The lowest BCUT2D eigenvalue weighted by Crippen LogP contribution is -2.40. The summed E-state index contributed by atoms with van der Waals surface area (Å²) in [6, 6.07) is 2.70. The lowest BCUT2D eigenvalue weighted by Gasteiger charge is -2.28. The first-order valence-electron chi connectivity index (χ1n) is 10.4. The van der Waals surface area contributed by atoms with Crippen molar-refractivity contribution in [3.8, 4) is 11.5 Å². The molecule has 1 aromatic rings. The highest BCUT2D eigenvalue weighted by atomic mass is 16.7. The van der Waals surface area contributed by atoms with Gasteiger partial charge in [0.1, 0.15) is 6.04 Å². The molecular weight excluding hydrogens is 438 g/mol. The Hall–Kier alpha value is -3.34. The molecule has 0 heterocycles. The summed E-state index contributed by atoms with van der Waals surface area (Å²) in [7, 11) is 2.19. The largest absolute Gasteiger partial charge is 0.513 e. The number of hydrogen-bond donors (Lipinski definition) is 2. The number of hydrogen-bond acceptors (Lipinski definition) is 10. The third-order valence-electron chi connectivity index (χ3n) is 4.97. The molecule has 33 heavy (non-hydrogen) atoms. The molecule has 0 saturated carbocycles. The molecule has 0 saturated heterocycles. The molecule has 3 unspecified atom stereocenters. The van der Waals surface area contributed by atoms with Crippen molar-refractivity contribution in [2.75, 3.05) is 20.8 Å². The number of carbonyl (C=O) groups excluding carboxylic acids is 3. The molecule has 1 aromatic carbocycles. The van der Waals surface area contributed by atoms with Gasteiger partial charge in [-0.05, 0) is 30.0 Å². The van der Waals surface area contributed by atoms with E-state index in [-0.39, 0.29) is 30.0 Å². The van der Waals surface area contributed by atoms with Crippen molar-refractivity contribution in [2.45, 2.75) is 45.6 Å². The monoisotopic (exact) mass is 469 g/mol. The van der Waals surface area contributed by atoms with Gasteiger partial charge in [-0.25, -0.2) is 9.59 Å². The van der Waals surface area contributed by atoms with Gasteiger partial charge in [0, 0.05) is 5.92 Å². The summed E-state index contributed by atoms with van der Waals surface area (Å²) in [4.78, 5) is 47.0. The van der Waals surface area contributed by atoms with Crippen LogP contribution in [-0.4, -0.2) is 56.2 Å². The Balaban J connectivity index is 3.27. The predicted octanol–water partition coefficient (Wildman–Crippen LogP) is 3.09. The van der Waals surface area contributed by atoms with Crippen molar-refractivity contribution >= 4 is 24.2 Å². The van der Waals surface area contributed by atoms with Crippen LogP contribution in [0.4, 0.5) is 9.59 Å². The number of benzene rings is 1. The second-order valence-corrected chi connectivity index (χ2v) is 7.51. The smallest absolute Gasteiger partial charge is 0.480 e. The van der Waals surface area contributed by atoms with Gasteiger partial charge in [0.05, 0.1) is 26.7 Å². The quantitative estimate of drug-likeness (QED) is 0.278. The average Bonchev–Trinajstić information content (AvgIpc) is 2.78. The van der Waals surface area contributed by atoms with Crippen molar-refractivity contribution in [3.63, 3.8) is 0 Å². The fourth-order valence-electron chi connectivity index (χ4n) is 3.21. The van der Waals surface area contributed by atoms with Crippen molar-refractivity contribution in [1.29, 1.82) is 0 Å². The van der Waals surface area contributed by atoms with E-state index >= 15 is 0 Å². The number of carboxylic acids is 1. The summed E-state index contributed by atoms with van der Waals surface area (Å²) < 4.78 is 24.3. The Kier molecular flexibility index (Phi) is 11.1. The van der Waals surface area contributed by atoms with Crippen LogP contribution in [0.5, 0.6) is 11.5 Å². The Bertz CT molecular complexity index is 840. The predicted molar refractivity (Wildman–Crippen MR) is 115 cm³/mol. The van der Waals surface area contributed by atoms with Crippen LogP contribution in [0.3, 0.4) is 0 Å². The van der Waals surface area contributed by atoms with E-state index in [0.717, 1.165) is 20.6 Å². The lowest BCUT2D eigenvalue weighted by atomic mass is 9.82. The molecule has 0 bridgehead atoms. The Morgan fingerprint density at radius 2 is 1.58 bits per heavy atom. The maximum absolute atomic E-state index is 12.2. The maximum atomic E-state index is 12.2. The topological polar surface area (TPSA) is 161 Å². The van der Waals surface area contributed by atoms with E-state index in [1.165, 1.54) is 18.2 Å². The summed E-state index contributed by atoms with van der Waals surface area (Å²) in [5.74, 6) is -3.69. The molecule has 3 N–H and O–H groups in total. The zero-order valence-corrected chi connectivity index (χ0v) is 19.4. The Morgan fingerprint density at radius 3 is 2.09 bits per heavy atom. The molecule has 0 radical (unpaired) electrons. The summed E-state index contributed by atoms with van der Waals surface area (Å²) in [6.45, 7) is 5.32. The van der Waals surface area contributed by atoms with Gasteiger partial charge in [-0.2, -0.15) is 0 Å². The molecule has 4 atom stereocenters. The third kappa shape index (κ3) is 8.26. The number of nitrogens with two attached hydrogens (primary N) is 1. The molecule has 0 spiro atoms. The van der Waals surface area contributed by atoms with Gasteiger partial charge in [-0.3, -0.25) is 9.59 Å². The van der Waals surface area contributed by atoms with Gasteiger partial charge in [-0.15, -0.1) is 0 Å². The van der Waals surface area contributed by atoms with E-state index in [0.29, 0.717) is 12.0 Å². The molecule has 0 aromatic heterocycles. The van der Waals surface area contributed by atoms with Gasteiger partial charge in [0.15, 0.2) is 11.5 Å². The summed E-state index contributed by atoms with van der Waals surface area (Å²) in [5.41, 5.74) is 6.30. The van der Waals surface area contributed by atoms with Crippen molar-refractivity contribution < 1.29 is 48.0 Å². The average molecular weight is 469 g/mol. The first-order valence-corrected chi connectivity index (χ1v) is 10.4. The van der Waals surface area contributed by atoms with E-state index in [1.807, 2.05) is 6.92 Å². The lowest BCUT2D eigenvalue weighted by molar-refractivity contribution is -0.149. The second kappa shape index (κ2) is 13.3. The van der Waals surface area contributed by atoms with Crippen LogP contribution >= 0.6 is 0 Å². The van der Waals surface area contributed by atoms with Crippen LogP contribution in [-0.2, 0) is 23.8 Å². The fourth-order valence-corrected chi connectivity index (χ4v) is 3.21. The zero-order chi connectivity index (χ0) is 25.1. The Labute approximate surface area is 192 Å². The van der Waals surface area contributed by atoms with E-state index in [1.54, 1.807) is 13.8 Å². The number of esters is 1. The van der Waals surface area contributed by atoms with Crippen LogP contribution in [0, 0.1) is 11.8 Å². The molecule has 1 rings (SSSR count). The van der Waals surface area contributed by atoms with Crippen molar-refractivity contribution in [1.82, 2.24) is 0 Å². The number of rotatable bonds is 11. The van der Waals surface area contributed by atoms with Crippen molar-refractivity contribution in [3.05, 3.63) is 23.8 Å². The molecular formula is C22H31NO10. The van der Waals surface area contributed by atoms with Crippen LogP contribution < -0.4 is 15.2 Å². The number of methoxy groups -OCH3 is 2. The summed E-state index contributed by atoms with van der Waals surface area (Å²) in [5, 5.41) is 9.53. The van der Waals surface area contributed by atoms with Crippen molar-refractivity contribution in [2.24, 2.45) is 17.6 Å². The highest BCUT2D eigenvalue weighted by molar-refractivity contribution is 5.75. The number of carboxylic acid groups (broad SMARTS) is 1. The normalized spacial score (nSPS) is 14.2. The highest BCUT2D eigenvalue weighted by Gasteiger charge is 2.33. The van der Waals surface area contributed by atoms with Crippen LogP contribution in [0.2, 0.25) is 0 Å². The second-order valence-electron chi connectivity index (χ2n) is 7.51. The van der Waals surface area contributed by atoms with Crippen LogP contribution in [0.15, 0.2) is 18.2 Å². The minimum atomic E-state index is -1.37. The summed E-state index contributed by atoms with van der Waals surface area (Å²) >= 11 is 0. The molecule has 0 aliphatic rings. The minimum Gasteiger partial charge on any atom is -0.480 e. The standard InChI is InChI=1S/C22H31NO10/c1-6-7-12(2)20(26)31-11-13(3)17(18(23)19(24)25)14-8-9-15(32-21(27)29-4)16(10-14)33-22(28)30-5/h8-10,12-13,17-18H,6-7,11,23H2,1-5H3,(H,24,25)/t12?,13?,17?,18-/m0/s1. The van der Waals surface area contributed by atoms with Crippen LogP contribution in [0.1, 0.15) is 45.1 Å². The van der Waals surface area contributed by atoms with Gasteiger partial charge in [0.25, 0.3) is 0 Å². The molecule has 0 aliphatic heterocycles. The molecule has 0 aliphatic carbocycles. The first kappa shape index (κ1) is 27.7. The Morgan fingerprint density at radius 1 is 1.00 bits per heavy atom. The first-order chi connectivity index (χ1) is 15.5. The number of ether oxygens (including phenoxy) is 5. The van der Waals surface area contributed by atoms with Gasteiger partial charge in [0.2, 0.25) is 0 Å². The van der Waals surface area contributed by atoms with Crippen LogP contribution in [0.25, 0.3) is 0 Å². The van der Waals surface area contributed by atoms with E-state index in [9.17, 15) is 24.3 Å². The zero-order valence-electron chi connectivity index (χ0n) is 19.4. The molecule has 184 valence electrons. The SMILES string of the molecule is CCCC(C)C(=O)OCC(C)C(c1ccc(OC(=O)OC)c(OC(=O)OC)c1)[C@H](N)C(=O)O. The molecule has 11 heteroatoms. The van der Waals surface area contributed by atoms with E-state index < -0.39 is 36.2 Å². The third-order valence-corrected chi connectivity index (χ3v) is 4.97. The fraction of sp³-hybridized carbons (Fsp3) is 0.545. The van der Waals surface area contributed by atoms with Gasteiger partial charge >= 0.3 is 24.2 Å². The summed E-state index contributed by atoms with van der Waals surface area (Å²) in [6.07, 6.45) is -0.659. The van der Waals surface area contributed by atoms with E-state index in [4.69, 9.17) is 19.9 Å². The molecule has 11 nitrogen and oxygen atoms in total. The highest BCUT2D eigenvalue weighted by Crippen LogP contribution is 2.36. The van der Waals surface area contributed by atoms with Gasteiger partial charge < -0.3 is 34.5 Å².